The van der Waals surface area contributed by atoms with Crippen LogP contribution in [0.2, 0.25) is 0 Å². The Morgan fingerprint density at radius 1 is 1.21 bits per heavy atom. The van der Waals surface area contributed by atoms with Crippen LogP contribution in [-0.2, 0) is 19.9 Å². The van der Waals surface area contributed by atoms with E-state index in [9.17, 15) is 21.6 Å². The highest BCUT2D eigenvalue weighted by Crippen LogP contribution is 2.15. The molecule has 0 saturated carbocycles. The minimum absolute atomic E-state index is 0.128. The van der Waals surface area contributed by atoms with Gasteiger partial charge in [0.25, 0.3) is 0 Å². The zero-order valence-corrected chi connectivity index (χ0v) is 12.4. The van der Waals surface area contributed by atoms with Gasteiger partial charge >= 0.3 is 0 Å². The van der Waals surface area contributed by atoms with Crippen LogP contribution >= 0.6 is 0 Å². The summed E-state index contributed by atoms with van der Waals surface area (Å²) in [5, 5.41) is 0. The largest absolute Gasteiger partial charge is 0.328 e. The Kier molecular flexibility index (Phi) is 4.23. The quantitative estimate of drug-likeness (QED) is 0.759. The van der Waals surface area contributed by atoms with Gasteiger partial charge in [0.05, 0.1) is 9.64 Å². The fourth-order valence-corrected chi connectivity index (χ4v) is 2.65. The van der Waals surface area contributed by atoms with Gasteiger partial charge in [0.15, 0.2) is 9.84 Å². The van der Waals surface area contributed by atoms with Crippen molar-refractivity contribution in [1.29, 1.82) is 0 Å². The van der Waals surface area contributed by atoms with Crippen molar-refractivity contribution in [3.05, 3.63) is 28.7 Å². The molecule has 0 aliphatic rings. The van der Waals surface area contributed by atoms with Crippen LogP contribution in [0, 0.1) is 0 Å². The summed E-state index contributed by atoms with van der Waals surface area (Å²) in [6.45, 7) is 2.60. The van der Waals surface area contributed by atoms with E-state index >= 15 is 0 Å². The molecule has 9 heteroatoms. The monoisotopic (exact) mass is 308 g/mol. The van der Waals surface area contributed by atoms with Gasteiger partial charge in [0.2, 0.25) is 15.6 Å². The van der Waals surface area contributed by atoms with Gasteiger partial charge < -0.3 is 4.98 Å². The number of pyridine rings is 1. The van der Waals surface area contributed by atoms with E-state index in [1.54, 1.807) is 0 Å². The molecule has 1 heterocycles. The Balaban J connectivity index is 2.94. The molecule has 19 heavy (non-hydrogen) atoms. The van der Waals surface area contributed by atoms with Crippen molar-refractivity contribution < 1.29 is 16.8 Å². The molecule has 0 amide bonds. The minimum atomic E-state index is -3.86. The van der Waals surface area contributed by atoms with Crippen LogP contribution in [0.15, 0.2) is 28.0 Å². The second kappa shape index (κ2) is 5.06. The lowest BCUT2D eigenvalue weighted by Crippen LogP contribution is -2.43. The summed E-state index contributed by atoms with van der Waals surface area (Å²) in [7, 11) is -7.25. The van der Waals surface area contributed by atoms with Crippen LogP contribution in [0.5, 0.6) is 0 Å². The van der Waals surface area contributed by atoms with Crippen LogP contribution in [0.3, 0.4) is 0 Å². The van der Waals surface area contributed by atoms with Crippen molar-refractivity contribution in [3.8, 4) is 0 Å². The molecule has 0 aromatic carbocycles. The first-order chi connectivity index (χ1) is 8.46. The van der Waals surface area contributed by atoms with Crippen molar-refractivity contribution in [1.82, 2.24) is 9.71 Å². The molecule has 0 atom stereocenters. The Bertz CT molecular complexity index is 696. The smallest absolute Gasteiger partial charge is 0.247 e. The topological polar surface area (TPSA) is 113 Å². The van der Waals surface area contributed by atoms with E-state index in [0.717, 1.165) is 24.6 Å². The highest BCUT2D eigenvalue weighted by atomic mass is 32.2. The summed E-state index contributed by atoms with van der Waals surface area (Å²) in [5.41, 5.74) is -0.421. The maximum absolute atomic E-state index is 11.9. The second-order valence-electron chi connectivity index (χ2n) is 4.75. The van der Waals surface area contributed by atoms with Gasteiger partial charge in [0, 0.05) is 25.1 Å². The summed E-state index contributed by atoms with van der Waals surface area (Å²) in [6.07, 6.45) is 2.10. The first-order valence-corrected chi connectivity index (χ1v) is 8.71. The summed E-state index contributed by atoms with van der Waals surface area (Å²) in [5.74, 6) is 0. The molecular formula is C10H16N2O5S2. The van der Waals surface area contributed by atoms with E-state index in [2.05, 4.69) is 9.71 Å². The summed E-state index contributed by atoms with van der Waals surface area (Å²) in [6, 6.07) is 2.23. The number of hydrogen-bond donors (Lipinski definition) is 2. The average Bonchev–Trinajstić information content (AvgIpc) is 2.26. The van der Waals surface area contributed by atoms with E-state index in [-0.39, 0.29) is 11.4 Å². The van der Waals surface area contributed by atoms with Gasteiger partial charge in [-0.15, -0.1) is 0 Å². The molecule has 0 saturated heterocycles. The molecule has 1 aromatic heterocycles. The molecule has 108 valence electrons. The van der Waals surface area contributed by atoms with E-state index in [0.29, 0.717) is 0 Å². The van der Waals surface area contributed by atoms with Crippen LogP contribution in [0.1, 0.15) is 13.8 Å². The predicted molar refractivity (Wildman–Crippen MR) is 71.2 cm³/mol. The molecule has 0 bridgehead atoms. The van der Waals surface area contributed by atoms with Crippen molar-refractivity contribution in [2.24, 2.45) is 0 Å². The number of sulfone groups is 1. The maximum Gasteiger partial charge on any atom is 0.247 e. The van der Waals surface area contributed by atoms with Gasteiger partial charge in [-0.25, -0.2) is 21.6 Å². The Morgan fingerprint density at radius 2 is 1.79 bits per heavy atom. The van der Waals surface area contributed by atoms with E-state index in [1.807, 2.05) is 0 Å². The maximum atomic E-state index is 11.9. The van der Waals surface area contributed by atoms with Crippen molar-refractivity contribution in [2.45, 2.75) is 23.5 Å². The van der Waals surface area contributed by atoms with Gasteiger partial charge in [-0.1, -0.05) is 0 Å². The van der Waals surface area contributed by atoms with Crippen LogP contribution in [0.4, 0.5) is 0 Å². The standard InChI is InChI=1S/C10H16N2O5S2/c1-10(2,18(3,14)15)7-12-19(16,17)8-4-5-9(13)11-6-8/h4-6,12H,7H2,1-3H3,(H,11,13). The summed E-state index contributed by atoms with van der Waals surface area (Å²) < 4.78 is 47.7. The second-order valence-corrected chi connectivity index (χ2v) is 9.16. The van der Waals surface area contributed by atoms with Gasteiger partial charge in [-0.2, -0.15) is 0 Å². The lowest BCUT2D eigenvalue weighted by molar-refractivity contribution is 0.537. The van der Waals surface area contributed by atoms with E-state index < -0.39 is 30.2 Å². The highest BCUT2D eigenvalue weighted by Gasteiger charge is 2.31. The number of H-pyrrole nitrogens is 1. The fourth-order valence-electron chi connectivity index (χ4n) is 1.05. The number of hydrogen-bond acceptors (Lipinski definition) is 5. The molecule has 0 fully saturated rings. The van der Waals surface area contributed by atoms with Crippen molar-refractivity contribution >= 4 is 19.9 Å². The first kappa shape index (κ1) is 15.9. The Labute approximate surface area is 112 Å². The number of sulfonamides is 1. The molecule has 1 rings (SSSR count). The van der Waals surface area contributed by atoms with Gasteiger partial charge in [-0.3, -0.25) is 4.79 Å². The summed E-state index contributed by atoms with van der Waals surface area (Å²) >= 11 is 0. The molecule has 0 aliphatic carbocycles. The first-order valence-electron chi connectivity index (χ1n) is 5.34. The molecule has 7 nitrogen and oxygen atoms in total. The van der Waals surface area contributed by atoms with Gasteiger partial charge in [-0.05, 0) is 19.9 Å². The van der Waals surface area contributed by atoms with Crippen LogP contribution in [0.25, 0.3) is 0 Å². The molecule has 0 unspecified atom stereocenters. The molecule has 1 aromatic rings. The summed E-state index contributed by atoms with van der Waals surface area (Å²) in [4.78, 5) is 13.0. The van der Waals surface area contributed by atoms with Crippen molar-refractivity contribution in [3.63, 3.8) is 0 Å². The molecule has 0 spiro atoms. The Hall–Kier alpha value is -1.19. The van der Waals surface area contributed by atoms with Crippen LogP contribution < -0.4 is 10.3 Å². The predicted octanol–water partition coefficient (Wildman–Crippen LogP) is -0.524. The van der Waals surface area contributed by atoms with Crippen molar-refractivity contribution in [2.75, 3.05) is 12.8 Å². The number of rotatable bonds is 5. The SMILES string of the molecule is CC(C)(CNS(=O)(=O)c1ccc(=O)[nH]c1)S(C)(=O)=O. The number of aromatic nitrogens is 1. The number of nitrogens with one attached hydrogen (secondary N) is 2. The lowest BCUT2D eigenvalue weighted by atomic mass is 10.2. The minimum Gasteiger partial charge on any atom is -0.328 e. The molecule has 0 aliphatic heterocycles. The number of aromatic amines is 1. The van der Waals surface area contributed by atoms with Crippen LogP contribution in [-0.4, -0.2) is 39.4 Å². The zero-order chi connectivity index (χ0) is 14.9. The highest BCUT2D eigenvalue weighted by molar-refractivity contribution is 7.92. The Morgan fingerprint density at radius 3 is 2.21 bits per heavy atom. The molecular weight excluding hydrogens is 292 g/mol. The third-order valence-corrected chi connectivity index (χ3v) is 6.31. The third kappa shape index (κ3) is 3.88. The third-order valence-electron chi connectivity index (χ3n) is 2.76. The lowest BCUT2D eigenvalue weighted by Gasteiger charge is -2.22. The van der Waals surface area contributed by atoms with E-state index in [4.69, 9.17) is 0 Å². The zero-order valence-electron chi connectivity index (χ0n) is 10.8. The average molecular weight is 308 g/mol. The normalized spacial score (nSPS) is 13.4. The van der Waals surface area contributed by atoms with E-state index in [1.165, 1.54) is 13.8 Å². The van der Waals surface area contributed by atoms with Gasteiger partial charge in [0.1, 0.15) is 0 Å². The molecule has 2 N–H and O–H groups in total. The fraction of sp³-hybridized carbons (Fsp3) is 0.500. The molecule has 0 radical (unpaired) electrons.